The van der Waals surface area contributed by atoms with Crippen molar-refractivity contribution in [3.05, 3.63) is 181 Å². The van der Waals surface area contributed by atoms with E-state index in [4.69, 9.17) is 28.4 Å². The Morgan fingerprint density at radius 2 is 0.542 bits per heavy atom. The third-order valence-electron chi connectivity index (χ3n) is 12.5. The normalized spacial score (nSPS) is 11.1. The summed E-state index contributed by atoms with van der Waals surface area (Å²) in [5.74, 6) is 4.28. The number of hydrogen-bond donors (Lipinski definition) is 3. The number of nitrogens with one attached hydrogen (secondary N) is 3. The molecular weight excluding hydrogens is 913 g/mol. The number of fused-ring (bicyclic) bond motifs is 6. The van der Waals surface area contributed by atoms with Crippen molar-refractivity contribution in [1.29, 1.82) is 0 Å². The number of hydrogen-bond acceptors (Lipinski definition) is 9. The number of benzene rings is 6. The highest BCUT2D eigenvalue weighted by molar-refractivity contribution is 6.06. The SMILES string of the molecule is COc1ccc2[nH]c(C(=O)n3ccc4cc(OC)ccc43)cc2c1.COc1ccc2[nH]c(C(=O)n3ccc4cc(OC)ccc43)cc2c1.COc1ccc2[nH]c(C(=O)n3ccc4cc(OC)ccc43)cc2c1. The lowest BCUT2D eigenvalue weighted by atomic mass is 10.2. The third-order valence-corrected chi connectivity index (χ3v) is 12.5. The number of carbonyl (C=O) groups is 3. The standard InChI is InChI=1S/3C19H16N2O3/c3*1-23-14-3-5-16-13(10-14)11-17(20-16)19(22)21-8-7-12-9-15(24-2)4-6-18(12)21/h3*3-11,20H,1-2H3. The van der Waals surface area contributed by atoms with Gasteiger partial charge in [-0.05, 0) is 146 Å². The van der Waals surface area contributed by atoms with Gasteiger partial charge in [-0.1, -0.05) is 0 Å². The molecular formula is C57H48N6O9. The van der Waals surface area contributed by atoms with Gasteiger partial charge in [-0.25, -0.2) is 0 Å². The van der Waals surface area contributed by atoms with Gasteiger partial charge in [-0.15, -0.1) is 0 Å². The molecule has 0 spiro atoms. The van der Waals surface area contributed by atoms with E-state index in [0.29, 0.717) is 17.1 Å². The summed E-state index contributed by atoms with van der Waals surface area (Å²) in [4.78, 5) is 48.1. The summed E-state index contributed by atoms with van der Waals surface area (Å²) in [6, 6.07) is 45.2. The molecule has 0 amide bonds. The molecule has 6 aromatic carbocycles. The topological polar surface area (TPSA) is 169 Å². The van der Waals surface area contributed by atoms with E-state index in [0.717, 1.165) is 99.9 Å². The number of aromatic amines is 3. The van der Waals surface area contributed by atoms with Gasteiger partial charge in [0.05, 0.1) is 59.2 Å². The molecule has 12 rings (SSSR count). The van der Waals surface area contributed by atoms with Crippen LogP contribution in [0.5, 0.6) is 34.5 Å². The molecule has 3 N–H and O–H groups in total. The fourth-order valence-electron chi connectivity index (χ4n) is 8.72. The molecule has 0 unspecified atom stereocenters. The second-order valence-corrected chi connectivity index (χ2v) is 16.7. The molecule has 15 heteroatoms. The minimum Gasteiger partial charge on any atom is -0.497 e. The number of rotatable bonds is 9. The smallest absolute Gasteiger partial charge is 0.278 e. The van der Waals surface area contributed by atoms with Crippen molar-refractivity contribution in [2.45, 2.75) is 0 Å². The van der Waals surface area contributed by atoms with E-state index < -0.39 is 0 Å². The maximum atomic E-state index is 12.9. The summed E-state index contributed by atoms with van der Waals surface area (Å²) in [6.45, 7) is 0. The van der Waals surface area contributed by atoms with Gasteiger partial charge in [0, 0.05) is 67.5 Å². The Balaban J connectivity index is 0.000000124. The Hall–Kier alpha value is -9.63. The Morgan fingerprint density at radius 3 is 0.792 bits per heavy atom. The molecule has 0 aliphatic heterocycles. The number of H-pyrrole nitrogens is 3. The molecule has 360 valence electrons. The first kappa shape index (κ1) is 46.1. The summed E-state index contributed by atoms with van der Waals surface area (Å²) in [7, 11) is 9.76. The van der Waals surface area contributed by atoms with Gasteiger partial charge in [-0.2, -0.15) is 0 Å². The van der Waals surface area contributed by atoms with Crippen LogP contribution in [0, 0.1) is 0 Å². The molecule has 0 atom stereocenters. The van der Waals surface area contributed by atoms with Crippen molar-refractivity contribution in [2.24, 2.45) is 0 Å². The van der Waals surface area contributed by atoms with Crippen LogP contribution in [0.1, 0.15) is 31.5 Å². The molecule has 15 nitrogen and oxygen atoms in total. The Kier molecular flexibility index (Phi) is 12.4. The molecule has 6 aromatic heterocycles. The number of methoxy groups -OCH3 is 6. The minimum atomic E-state index is -0.106. The Morgan fingerprint density at radius 1 is 0.306 bits per heavy atom. The van der Waals surface area contributed by atoms with Gasteiger partial charge in [-0.3, -0.25) is 28.1 Å². The molecule has 0 aliphatic carbocycles. The first-order chi connectivity index (χ1) is 35.1. The van der Waals surface area contributed by atoms with Crippen LogP contribution >= 0.6 is 0 Å². The van der Waals surface area contributed by atoms with Crippen LogP contribution in [0.15, 0.2) is 164 Å². The molecule has 0 saturated heterocycles. The lowest BCUT2D eigenvalue weighted by Crippen LogP contribution is -2.10. The first-order valence-corrected chi connectivity index (χ1v) is 22.7. The molecule has 72 heavy (non-hydrogen) atoms. The van der Waals surface area contributed by atoms with Gasteiger partial charge < -0.3 is 43.4 Å². The van der Waals surface area contributed by atoms with Crippen LogP contribution in [-0.2, 0) is 0 Å². The van der Waals surface area contributed by atoms with E-state index in [1.54, 1.807) is 75.0 Å². The maximum absolute atomic E-state index is 12.9. The predicted molar refractivity (Wildman–Crippen MR) is 279 cm³/mol. The zero-order valence-electron chi connectivity index (χ0n) is 40.1. The average Bonchev–Trinajstić information content (AvgIpc) is 4.30. The van der Waals surface area contributed by atoms with Crippen LogP contribution in [0.4, 0.5) is 0 Å². The molecule has 0 saturated carbocycles. The first-order valence-electron chi connectivity index (χ1n) is 22.7. The molecule has 0 aliphatic rings. The number of carbonyl (C=O) groups excluding carboxylic acids is 3. The van der Waals surface area contributed by atoms with E-state index in [9.17, 15) is 14.4 Å². The zero-order valence-corrected chi connectivity index (χ0v) is 40.1. The van der Waals surface area contributed by atoms with Crippen LogP contribution < -0.4 is 28.4 Å². The van der Waals surface area contributed by atoms with Crippen molar-refractivity contribution in [1.82, 2.24) is 28.7 Å². The van der Waals surface area contributed by atoms with E-state index in [-0.39, 0.29) is 17.7 Å². The van der Waals surface area contributed by atoms with Crippen molar-refractivity contribution >= 4 is 83.1 Å². The maximum Gasteiger partial charge on any atom is 0.278 e. The lowest BCUT2D eigenvalue weighted by Gasteiger charge is -2.03. The minimum absolute atomic E-state index is 0.106. The Labute approximate surface area is 411 Å². The van der Waals surface area contributed by atoms with Crippen LogP contribution in [0.3, 0.4) is 0 Å². The zero-order chi connectivity index (χ0) is 50.0. The summed E-state index contributed by atoms with van der Waals surface area (Å²) in [6.07, 6.45) is 5.33. The van der Waals surface area contributed by atoms with Crippen molar-refractivity contribution in [2.75, 3.05) is 42.7 Å². The van der Waals surface area contributed by atoms with Gasteiger partial charge in [0.15, 0.2) is 0 Å². The number of ether oxygens (including phenoxy) is 6. The third kappa shape index (κ3) is 8.81. The quantitative estimate of drug-likeness (QED) is 0.127. The van der Waals surface area contributed by atoms with Gasteiger partial charge in [0.2, 0.25) is 0 Å². The second kappa shape index (κ2) is 19.4. The number of nitrogens with zero attached hydrogens (tertiary/aromatic N) is 3. The molecule has 12 aromatic rings. The van der Waals surface area contributed by atoms with Gasteiger partial charge in [0.25, 0.3) is 17.7 Å². The van der Waals surface area contributed by atoms with E-state index >= 15 is 0 Å². The molecule has 0 fully saturated rings. The number of aromatic nitrogens is 6. The summed E-state index contributed by atoms with van der Waals surface area (Å²) < 4.78 is 36.3. The van der Waals surface area contributed by atoms with E-state index in [1.165, 1.54) is 0 Å². The highest BCUT2D eigenvalue weighted by Crippen LogP contribution is 2.29. The molecule has 6 heterocycles. The summed E-state index contributed by atoms with van der Waals surface area (Å²) >= 11 is 0. The summed E-state index contributed by atoms with van der Waals surface area (Å²) in [5.41, 5.74) is 6.84. The molecule has 0 bridgehead atoms. The predicted octanol–water partition coefficient (Wildman–Crippen LogP) is 11.5. The highest BCUT2D eigenvalue weighted by atomic mass is 16.5. The van der Waals surface area contributed by atoms with Crippen LogP contribution in [0.2, 0.25) is 0 Å². The van der Waals surface area contributed by atoms with Crippen LogP contribution in [0.25, 0.3) is 65.4 Å². The summed E-state index contributed by atoms with van der Waals surface area (Å²) in [5, 5.41) is 5.70. The van der Waals surface area contributed by atoms with E-state index in [1.807, 2.05) is 146 Å². The lowest BCUT2D eigenvalue weighted by molar-refractivity contribution is 0.0953. The molecule has 0 radical (unpaired) electrons. The van der Waals surface area contributed by atoms with Crippen LogP contribution in [-0.4, -0.2) is 89.0 Å². The van der Waals surface area contributed by atoms with Gasteiger partial charge in [0.1, 0.15) is 51.6 Å². The van der Waals surface area contributed by atoms with Crippen molar-refractivity contribution in [3.8, 4) is 34.5 Å². The van der Waals surface area contributed by atoms with Gasteiger partial charge >= 0.3 is 0 Å². The largest absolute Gasteiger partial charge is 0.497 e. The Bertz CT molecular complexity index is 3590. The van der Waals surface area contributed by atoms with Crippen molar-refractivity contribution < 1.29 is 42.8 Å². The average molecular weight is 961 g/mol. The van der Waals surface area contributed by atoms with E-state index in [2.05, 4.69) is 15.0 Å². The van der Waals surface area contributed by atoms with Crippen molar-refractivity contribution in [3.63, 3.8) is 0 Å². The fraction of sp³-hybridized carbons (Fsp3) is 0.105. The second-order valence-electron chi connectivity index (χ2n) is 16.7. The monoisotopic (exact) mass is 960 g/mol. The highest BCUT2D eigenvalue weighted by Gasteiger charge is 2.18. The fourth-order valence-corrected chi connectivity index (χ4v) is 8.72.